The molecule has 0 unspecified atom stereocenters. The van der Waals surface area contributed by atoms with Crippen molar-refractivity contribution < 1.29 is 23.7 Å². The number of anilines is 1. The molecule has 0 atom stereocenters. The fraction of sp³-hybridized carbons (Fsp3) is 0.417. The van der Waals surface area contributed by atoms with Crippen molar-refractivity contribution in [1.82, 2.24) is 9.88 Å². The molecule has 0 saturated carbocycles. The lowest BCUT2D eigenvalue weighted by Crippen LogP contribution is -2.38. The maximum atomic E-state index is 13.8. The number of thiazole rings is 1. The molecule has 0 aliphatic heterocycles. The molecule has 1 aromatic heterocycles. The van der Waals surface area contributed by atoms with Crippen LogP contribution in [0.25, 0.3) is 10.2 Å². The van der Waals surface area contributed by atoms with Crippen LogP contribution in [-0.4, -0.2) is 70.4 Å². The molecular formula is C24H32ClN3O5S. The van der Waals surface area contributed by atoms with Gasteiger partial charge in [0.15, 0.2) is 5.13 Å². The summed E-state index contributed by atoms with van der Waals surface area (Å²) in [5.41, 5.74) is 1.13. The number of aromatic nitrogens is 1. The van der Waals surface area contributed by atoms with Crippen LogP contribution in [0.2, 0.25) is 0 Å². The number of halogens is 1. The first-order chi connectivity index (χ1) is 16.0. The highest BCUT2D eigenvalue weighted by molar-refractivity contribution is 7.22. The Morgan fingerprint density at radius 1 is 0.882 bits per heavy atom. The van der Waals surface area contributed by atoms with Crippen LogP contribution in [0.15, 0.2) is 30.3 Å². The maximum absolute atomic E-state index is 13.8. The van der Waals surface area contributed by atoms with E-state index in [0.29, 0.717) is 52.3 Å². The van der Waals surface area contributed by atoms with Crippen LogP contribution in [0.3, 0.4) is 0 Å². The molecule has 0 radical (unpaired) electrons. The van der Waals surface area contributed by atoms with Gasteiger partial charge in [-0.1, -0.05) is 25.2 Å². The predicted molar refractivity (Wildman–Crippen MR) is 139 cm³/mol. The summed E-state index contributed by atoms with van der Waals surface area (Å²) in [6, 6.07) is 8.83. The molecule has 2 aromatic carbocycles. The van der Waals surface area contributed by atoms with Crippen LogP contribution in [0, 0.1) is 0 Å². The van der Waals surface area contributed by atoms with E-state index in [1.54, 1.807) is 51.5 Å². The Morgan fingerprint density at radius 2 is 1.47 bits per heavy atom. The van der Waals surface area contributed by atoms with Gasteiger partial charge in [0.2, 0.25) is 0 Å². The molecule has 8 nitrogen and oxygen atoms in total. The van der Waals surface area contributed by atoms with Crippen molar-refractivity contribution in [3.63, 3.8) is 0 Å². The van der Waals surface area contributed by atoms with Crippen LogP contribution in [0.4, 0.5) is 5.13 Å². The highest BCUT2D eigenvalue weighted by atomic mass is 35.5. The average molecular weight is 510 g/mol. The van der Waals surface area contributed by atoms with E-state index in [1.807, 2.05) is 12.1 Å². The number of methoxy groups -OCH3 is 4. The number of hydrogen-bond donors (Lipinski definition) is 0. The van der Waals surface area contributed by atoms with Crippen molar-refractivity contribution in [3.05, 3.63) is 35.9 Å². The number of fused-ring (bicyclic) bond motifs is 1. The number of benzene rings is 2. The Labute approximate surface area is 210 Å². The minimum atomic E-state index is -0.184. The molecule has 186 valence electrons. The van der Waals surface area contributed by atoms with Crippen LogP contribution >= 0.6 is 23.7 Å². The van der Waals surface area contributed by atoms with Gasteiger partial charge in [-0.25, -0.2) is 4.98 Å². The van der Waals surface area contributed by atoms with Crippen molar-refractivity contribution in [1.29, 1.82) is 0 Å². The van der Waals surface area contributed by atoms with Gasteiger partial charge in [0.05, 0.1) is 28.4 Å². The summed E-state index contributed by atoms with van der Waals surface area (Å²) in [6.07, 6.45) is 0. The highest BCUT2D eigenvalue weighted by Crippen LogP contribution is 2.40. The largest absolute Gasteiger partial charge is 0.497 e. The monoisotopic (exact) mass is 509 g/mol. The van der Waals surface area contributed by atoms with Crippen molar-refractivity contribution in [2.24, 2.45) is 0 Å². The Balaban J connectivity index is 0.00000408. The minimum Gasteiger partial charge on any atom is -0.497 e. The van der Waals surface area contributed by atoms with Crippen LogP contribution in [-0.2, 0) is 0 Å². The van der Waals surface area contributed by atoms with E-state index in [2.05, 4.69) is 18.7 Å². The van der Waals surface area contributed by atoms with E-state index in [9.17, 15) is 4.79 Å². The van der Waals surface area contributed by atoms with Gasteiger partial charge in [-0.05, 0) is 37.4 Å². The number of ether oxygens (including phenoxy) is 4. The summed E-state index contributed by atoms with van der Waals surface area (Å²) in [7, 11) is 6.35. The summed E-state index contributed by atoms with van der Waals surface area (Å²) < 4.78 is 22.6. The summed E-state index contributed by atoms with van der Waals surface area (Å²) in [6.45, 7) is 7.19. The minimum absolute atomic E-state index is 0. The van der Waals surface area contributed by atoms with Crippen molar-refractivity contribution in [2.75, 3.05) is 59.5 Å². The smallest absolute Gasteiger partial charge is 0.260 e. The molecule has 1 heterocycles. The zero-order valence-corrected chi connectivity index (χ0v) is 22.0. The van der Waals surface area contributed by atoms with Gasteiger partial charge in [-0.2, -0.15) is 0 Å². The van der Waals surface area contributed by atoms with E-state index in [-0.39, 0.29) is 18.3 Å². The fourth-order valence-electron chi connectivity index (χ4n) is 3.54. The van der Waals surface area contributed by atoms with Gasteiger partial charge in [-0.15, -0.1) is 12.4 Å². The second-order valence-corrected chi connectivity index (χ2v) is 8.21. The Morgan fingerprint density at radius 3 is 2.00 bits per heavy atom. The van der Waals surface area contributed by atoms with E-state index in [0.717, 1.165) is 17.8 Å². The number of hydrogen-bond acceptors (Lipinski definition) is 8. The number of rotatable bonds is 11. The third-order valence-corrected chi connectivity index (χ3v) is 6.60. The molecule has 0 bridgehead atoms. The van der Waals surface area contributed by atoms with E-state index >= 15 is 0 Å². The topological polar surface area (TPSA) is 73.4 Å². The van der Waals surface area contributed by atoms with Crippen molar-refractivity contribution in [3.8, 4) is 23.0 Å². The molecule has 3 aromatic rings. The van der Waals surface area contributed by atoms with E-state index in [4.69, 9.17) is 23.9 Å². The van der Waals surface area contributed by atoms with Gasteiger partial charge < -0.3 is 23.8 Å². The molecule has 34 heavy (non-hydrogen) atoms. The normalized spacial score (nSPS) is 10.7. The predicted octanol–water partition coefficient (Wildman–Crippen LogP) is 4.74. The number of amides is 1. The molecule has 10 heteroatoms. The number of carbonyl (C=O) groups excluding carboxylic acids is 1. The zero-order valence-electron chi connectivity index (χ0n) is 20.4. The molecule has 0 saturated heterocycles. The number of nitrogens with zero attached hydrogens (tertiary/aromatic N) is 3. The first-order valence-electron chi connectivity index (χ1n) is 10.8. The second-order valence-electron chi connectivity index (χ2n) is 7.23. The lowest BCUT2D eigenvalue weighted by molar-refractivity contribution is 0.0983. The molecule has 0 aliphatic carbocycles. The summed E-state index contributed by atoms with van der Waals surface area (Å²) in [4.78, 5) is 22.5. The van der Waals surface area contributed by atoms with E-state index in [1.165, 1.54) is 11.3 Å². The molecule has 0 fully saturated rings. The fourth-order valence-corrected chi connectivity index (χ4v) is 4.64. The second kappa shape index (κ2) is 12.6. The van der Waals surface area contributed by atoms with Gasteiger partial charge in [-0.3, -0.25) is 9.69 Å². The van der Waals surface area contributed by atoms with Crippen LogP contribution in [0.5, 0.6) is 23.0 Å². The van der Waals surface area contributed by atoms with Gasteiger partial charge >= 0.3 is 0 Å². The summed E-state index contributed by atoms with van der Waals surface area (Å²) in [5.74, 6) is 2.24. The van der Waals surface area contributed by atoms with Crippen LogP contribution < -0.4 is 23.8 Å². The summed E-state index contributed by atoms with van der Waals surface area (Å²) in [5, 5.41) is 0.576. The molecular weight excluding hydrogens is 478 g/mol. The lowest BCUT2D eigenvalue weighted by Gasteiger charge is -2.25. The molecule has 0 spiro atoms. The highest BCUT2D eigenvalue weighted by Gasteiger charge is 2.25. The van der Waals surface area contributed by atoms with Crippen molar-refractivity contribution in [2.45, 2.75) is 13.8 Å². The van der Waals surface area contributed by atoms with Crippen molar-refractivity contribution >= 4 is 45.0 Å². The van der Waals surface area contributed by atoms with Gasteiger partial charge in [0, 0.05) is 24.7 Å². The molecule has 3 rings (SSSR count). The van der Waals surface area contributed by atoms with Gasteiger partial charge in [0.25, 0.3) is 5.91 Å². The third kappa shape index (κ3) is 5.84. The molecule has 1 amide bonds. The summed E-state index contributed by atoms with van der Waals surface area (Å²) >= 11 is 1.40. The molecule has 0 N–H and O–H groups in total. The quantitative estimate of drug-likeness (QED) is 0.369. The number of carbonyl (C=O) groups is 1. The maximum Gasteiger partial charge on any atom is 0.260 e. The van der Waals surface area contributed by atoms with Crippen LogP contribution in [0.1, 0.15) is 24.2 Å². The SMILES string of the molecule is CCN(CC)CCN(C(=O)c1cc(OC)cc(OC)c1)c1nc2c(OC)ccc(OC)c2s1.Cl. The first-order valence-corrected chi connectivity index (χ1v) is 11.6. The average Bonchev–Trinajstić information content (AvgIpc) is 3.30. The lowest BCUT2D eigenvalue weighted by atomic mass is 10.1. The standard InChI is InChI=1S/C24H31N3O5S.ClH/c1-7-26(8-2)11-12-27(23(28)16-13-17(29-3)15-18(14-16)30-4)24-25-21-19(31-5)9-10-20(32-6)22(21)33-24;/h9-10,13-15H,7-8,11-12H2,1-6H3;1H. The van der Waals surface area contributed by atoms with Gasteiger partial charge in [0.1, 0.15) is 33.2 Å². The Bertz CT molecular complexity index is 1040. The first kappa shape index (κ1) is 27.5. The Kier molecular flexibility index (Phi) is 10.2. The van der Waals surface area contributed by atoms with E-state index < -0.39 is 0 Å². The zero-order chi connectivity index (χ0) is 24.0. The third-order valence-electron chi connectivity index (χ3n) is 5.51. The Hall–Kier alpha value is -2.75. The molecule has 0 aliphatic rings. The number of likely N-dealkylation sites (N-methyl/N-ethyl adjacent to an activating group) is 1.